The molecular weight excluding hydrogens is 284 g/mol. The monoisotopic (exact) mass is 302 g/mol. The van der Waals surface area contributed by atoms with Crippen molar-refractivity contribution in [1.82, 2.24) is 20.4 Å². The van der Waals surface area contributed by atoms with Crippen LogP contribution >= 0.6 is 0 Å². The van der Waals surface area contributed by atoms with Crippen molar-refractivity contribution in [3.63, 3.8) is 0 Å². The van der Waals surface area contributed by atoms with Gasteiger partial charge in [-0.15, -0.1) is 0 Å². The van der Waals surface area contributed by atoms with Gasteiger partial charge >= 0.3 is 6.03 Å². The summed E-state index contributed by atoms with van der Waals surface area (Å²) in [5, 5.41) is 5.70. The van der Waals surface area contributed by atoms with Crippen LogP contribution in [0.4, 0.5) is 4.79 Å². The highest BCUT2D eigenvalue weighted by Gasteiger charge is 2.34. The highest BCUT2D eigenvalue weighted by molar-refractivity contribution is 6.04. The highest BCUT2D eigenvalue weighted by atomic mass is 16.2. The van der Waals surface area contributed by atoms with Gasteiger partial charge in [0.2, 0.25) is 5.91 Å². The fourth-order valence-electron chi connectivity index (χ4n) is 2.82. The number of imide groups is 1. The molecule has 2 N–H and O–H groups in total. The van der Waals surface area contributed by atoms with Gasteiger partial charge in [-0.05, 0) is 5.56 Å². The molecule has 4 amide bonds. The van der Waals surface area contributed by atoms with E-state index >= 15 is 0 Å². The smallest absolute Gasteiger partial charge is 0.325 e. The molecule has 7 heteroatoms. The summed E-state index contributed by atoms with van der Waals surface area (Å²) in [6.45, 7) is 1.69. The number of nitrogens with one attached hydrogen (secondary N) is 2. The van der Waals surface area contributed by atoms with Gasteiger partial charge in [0.15, 0.2) is 0 Å². The highest BCUT2D eigenvalue weighted by Crippen LogP contribution is 2.22. The van der Waals surface area contributed by atoms with Crippen molar-refractivity contribution < 1.29 is 14.4 Å². The van der Waals surface area contributed by atoms with Crippen LogP contribution in [0.15, 0.2) is 30.3 Å². The number of hydrogen-bond donors (Lipinski definition) is 2. The minimum absolute atomic E-state index is 0.0320. The summed E-state index contributed by atoms with van der Waals surface area (Å²) in [7, 11) is 0. The zero-order valence-electron chi connectivity index (χ0n) is 12.1. The fourth-order valence-corrected chi connectivity index (χ4v) is 2.82. The molecule has 0 spiro atoms. The summed E-state index contributed by atoms with van der Waals surface area (Å²) in [4.78, 5) is 38.5. The Morgan fingerprint density at radius 2 is 2.00 bits per heavy atom. The van der Waals surface area contributed by atoms with Crippen molar-refractivity contribution in [1.29, 1.82) is 0 Å². The number of hydrogen-bond acceptors (Lipinski definition) is 4. The van der Waals surface area contributed by atoms with E-state index in [2.05, 4.69) is 10.6 Å². The Bertz CT molecular complexity index is 574. The van der Waals surface area contributed by atoms with Crippen molar-refractivity contribution >= 4 is 17.8 Å². The normalized spacial score (nSPS) is 21.9. The van der Waals surface area contributed by atoms with Gasteiger partial charge in [0.25, 0.3) is 5.91 Å². The van der Waals surface area contributed by atoms with Gasteiger partial charge in [-0.2, -0.15) is 0 Å². The van der Waals surface area contributed by atoms with Gasteiger partial charge in [0, 0.05) is 19.6 Å². The summed E-state index contributed by atoms with van der Waals surface area (Å²) < 4.78 is 0. The van der Waals surface area contributed by atoms with Crippen molar-refractivity contribution in [3.8, 4) is 0 Å². The number of carbonyl (C=O) groups is 3. The molecule has 2 heterocycles. The molecule has 1 atom stereocenters. The molecular formula is C15H18N4O3. The molecule has 0 bridgehead atoms. The first-order chi connectivity index (χ1) is 10.7. The predicted molar refractivity (Wildman–Crippen MR) is 78.9 cm³/mol. The number of carbonyl (C=O) groups excluding carboxylic acids is 3. The molecule has 0 radical (unpaired) electrons. The van der Waals surface area contributed by atoms with Gasteiger partial charge in [-0.1, -0.05) is 30.3 Å². The van der Waals surface area contributed by atoms with E-state index in [4.69, 9.17) is 0 Å². The van der Waals surface area contributed by atoms with E-state index in [1.807, 2.05) is 30.3 Å². The Hall–Kier alpha value is -2.41. The van der Waals surface area contributed by atoms with Gasteiger partial charge in [0.05, 0.1) is 12.6 Å². The molecule has 2 aliphatic heterocycles. The van der Waals surface area contributed by atoms with E-state index in [0.29, 0.717) is 19.6 Å². The largest absolute Gasteiger partial charge is 0.332 e. The molecule has 2 saturated heterocycles. The SMILES string of the molecule is O=C1CNC(=O)N1CC(=O)N1CCNCC1c1ccccc1. The number of nitrogens with zero attached hydrogens (tertiary/aromatic N) is 2. The van der Waals surface area contributed by atoms with E-state index in [9.17, 15) is 14.4 Å². The minimum Gasteiger partial charge on any atom is -0.332 e. The lowest BCUT2D eigenvalue weighted by atomic mass is 10.0. The minimum atomic E-state index is -0.496. The second-order valence-corrected chi connectivity index (χ2v) is 5.36. The summed E-state index contributed by atoms with van der Waals surface area (Å²) in [5.41, 5.74) is 1.04. The molecule has 0 aliphatic carbocycles. The lowest BCUT2D eigenvalue weighted by Crippen LogP contribution is -2.52. The molecule has 2 aliphatic rings. The molecule has 0 saturated carbocycles. The topological polar surface area (TPSA) is 81.8 Å². The third-order valence-corrected chi connectivity index (χ3v) is 3.98. The summed E-state index contributed by atoms with van der Waals surface area (Å²) in [6, 6.07) is 9.18. The summed E-state index contributed by atoms with van der Waals surface area (Å²) in [6.07, 6.45) is 0. The predicted octanol–water partition coefficient (Wildman–Crippen LogP) is -0.289. The van der Waals surface area contributed by atoms with Crippen molar-refractivity contribution in [2.45, 2.75) is 6.04 Å². The maximum absolute atomic E-state index is 12.6. The standard InChI is InChI=1S/C15H18N4O3/c20-13-9-17-15(22)19(13)10-14(21)18-7-6-16-8-12(18)11-4-2-1-3-5-11/h1-5,12,16H,6-10H2,(H,17,22). The van der Waals surface area contributed by atoms with E-state index in [-0.39, 0.29) is 30.9 Å². The van der Waals surface area contributed by atoms with Crippen LogP contribution in [0.1, 0.15) is 11.6 Å². The number of piperazine rings is 1. The molecule has 1 aromatic rings. The van der Waals surface area contributed by atoms with Crippen molar-refractivity contribution in [3.05, 3.63) is 35.9 Å². The average molecular weight is 302 g/mol. The Kier molecular flexibility index (Phi) is 4.06. The number of rotatable bonds is 3. The van der Waals surface area contributed by atoms with Gasteiger partial charge < -0.3 is 15.5 Å². The van der Waals surface area contributed by atoms with Gasteiger partial charge in [0.1, 0.15) is 6.54 Å². The number of urea groups is 1. The molecule has 2 fully saturated rings. The Morgan fingerprint density at radius 1 is 1.23 bits per heavy atom. The lowest BCUT2D eigenvalue weighted by Gasteiger charge is -2.37. The van der Waals surface area contributed by atoms with Crippen LogP contribution < -0.4 is 10.6 Å². The van der Waals surface area contributed by atoms with Gasteiger partial charge in [-0.3, -0.25) is 14.5 Å². The summed E-state index contributed by atoms with van der Waals surface area (Å²) >= 11 is 0. The molecule has 22 heavy (non-hydrogen) atoms. The third-order valence-electron chi connectivity index (χ3n) is 3.98. The van der Waals surface area contributed by atoms with E-state index < -0.39 is 6.03 Å². The van der Waals surface area contributed by atoms with Crippen LogP contribution in [0.5, 0.6) is 0 Å². The second kappa shape index (κ2) is 6.15. The van der Waals surface area contributed by atoms with Crippen molar-refractivity contribution in [2.75, 3.05) is 32.7 Å². The van der Waals surface area contributed by atoms with Crippen LogP contribution in [0.3, 0.4) is 0 Å². The fraction of sp³-hybridized carbons (Fsp3) is 0.400. The Morgan fingerprint density at radius 3 is 2.68 bits per heavy atom. The second-order valence-electron chi connectivity index (χ2n) is 5.36. The quantitative estimate of drug-likeness (QED) is 0.752. The van der Waals surface area contributed by atoms with Crippen LogP contribution in [0, 0.1) is 0 Å². The van der Waals surface area contributed by atoms with E-state index in [0.717, 1.165) is 10.5 Å². The molecule has 3 rings (SSSR count). The maximum atomic E-state index is 12.6. The van der Waals surface area contributed by atoms with Crippen molar-refractivity contribution in [2.24, 2.45) is 0 Å². The Balaban J connectivity index is 1.74. The van der Waals surface area contributed by atoms with Crippen LogP contribution in [-0.4, -0.2) is 60.4 Å². The first-order valence-corrected chi connectivity index (χ1v) is 7.30. The Labute approximate surface area is 128 Å². The first-order valence-electron chi connectivity index (χ1n) is 7.30. The molecule has 116 valence electrons. The van der Waals surface area contributed by atoms with E-state index in [1.165, 1.54) is 0 Å². The maximum Gasteiger partial charge on any atom is 0.325 e. The molecule has 1 unspecified atom stereocenters. The lowest BCUT2D eigenvalue weighted by molar-refractivity contribution is -0.139. The zero-order valence-corrected chi connectivity index (χ0v) is 12.1. The zero-order chi connectivity index (χ0) is 15.5. The van der Waals surface area contributed by atoms with Crippen LogP contribution in [-0.2, 0) is 9.59 Å². The first kappa shape index (κ1) is 14.5. The molecule has 7 nitrogen and oxygen atoms in total. The van der Waals surface area contributed by atoms with Crippen LogP contribution in [0.2, 0.25) is 0 Å². The molecule has 1 aromatic carbocycles. The number of amides is 4. The molecule has 0 aromatic heterocycles. The third kappa shape index (κ3) is 2.80. The van der Waals surface area contributed by atoms with E-state index in [1.54, 1.807) is 4.90 Å². The van der Waals surface area contributed by atoms with Gasteiger partial charge in [-0.25, -0.2) is 4.79 Å². The number of benzene rings is 1. The summed E-state index contributed by atoms with van der Waals surface area (Å²) in [5.74, 6) is -0.564. The average Bonchev–Trinajstić information content (AvgIpc) is 2.87. The van der Waals surface area contributed by atoms with Crippen LogP contribution in [0.25, 0.3) is 0 Å².